The smallest absolute Gasteiger partial charge is 0.283 e. The molecule has 1 fully saturated rings. The van der Waals surface area contributed by atoms with Crippen molar-refractivity contribution in [1.82, 2.24) is 4.90 Å². The van der Waals surface area contributed by atoms with Gasteiger partial charge in [-0.1, -0.05) is 35.5 Å². The van der Waals surface area contributed by atoms with Gasteiger partial charge in [-0.15, -0.1) is 0 Å². The fourth-order valence-electron chi connectivity index (χ4n) is 2.94. The Morgan fingerprint density at radius 1 is 1.33 bits per heavy atom. The van der Waals surface area contributed by atoms with Crippen molar-refractivity contribution in [2.45, 2.75) is 25.1 Å². The van der Waals surface area contributed by atoms with Gasteiger partial charge in [0.25, 0.3) is 5.91 Å². The van der Waals surface area contributed by atoms with Gasteiger partial charge < -0.3 is 9.64 Å². The molecule has 0 unspecified atom stereocenters. The van der Waals surface area contributed by atoms with E-state index in [2.05, 4.69) is 18.8 Å². The molecule has 0 N–H and O–H groups in total. The van der Waals surface area contributed by atoms with Crippen molar-refractivity contribution in [2.24, 2.45) is 4.99 Å². The molecule has 0 aliphatic carbocycles. The van der Waals surface area contributed by atoms with Crippen molar-refractivity contribution >= 4 is 34.4 Å². The highest BCUT2D eigenvalue weighted by Crippen LogP contribution is 2.37. The van der Waals surface area contributed by atoms with Crippen LogP contribution < -0.4 is 4.74 Å². The molecule has 0 radical (unpaired) electrons. The molecule has 3 rings (SSSR count). The van der Waals surface area contributed by atoms with E-state index in [9.17, 15) is 9.18 Å². The Morgan fingerprint density at radius 3 is 2.81 bits per heavy atom. The van der Waals surface area contributed by atoms with Crippen molar-refractivity contribution in [2.75, 3.05) is 13.7 Å². The largest absolute Gasteiger partial charge is 0.496 e. The fraction of sp³-hybridized carbons (Fsp3) is 0.300. The molecule has 1 amide bonds. The van der Waals surface area contributed by atoms with E-state index in [4.69, 9.17) is 16.3 Å². The molecular formula is C20H20ClFN2O2S. The third-order valence-corrected chi connectivity index (χ3v) is 5.51. The van der Waals surface area contributed by atoms with Crippen LogP contribution in [0.5, 0.6) is 5.75 Å². The highest BCUT2D eigenvalue weighted by Gasteiger charge is 2.36. The number of carbonyl (C=O) groups is 1. The Hall–Kier alpha value is -2.05. The molecule has 27 heavy (non-hydrogen) atoms. The molecule has 0 spiro atoms. The van der Waals surface area contributed by atoms with Gasteiger partial charge in [0.2, 0.25) is 0 Å². The molecule has 1 aliphatic heterocycles. The number of hydrogen-bond acceptors (Lipinski definition) is 3. The molecule has 1 heterocycles. The number of aliphatic imine (C=N–C) groups is 1. The second-order valence-corrected chi connectivity index (χ2v) is 9.00. The zero-order valence-electron chi connectivity index (χ0n) is 15.3. The van der Waals surface area contributed by atoms with Crippen LogP contribution in [0.1, 0.15) is 29.8 Å². The minimum atomic E-state index is -0.418. The van der Waals surface area contributed by atoms with Crippen LogP contribution in [0.4, 0.5) is 4.39 Å². The Morgan fingerprint density at radius 2 is 2.11 bits per heavy atom. The lowest BCUT2D eigenvalue weighted by Crippen LogP contribution is -2.28. The first-order valence-electron chi connectivity index (χ1n) is 8.42. The lowest BCUT2D eigenvalue weighted by molar-refractivity contribution is 0.0998. The highest BCUT2D eigenvalue weighted by molar-refractivity contribution is 8.15. The van der Waals surface area contributed by atoms with Gasteiger partial charge in [0.1, 0.15) is 11.6 Å². The number of thioether (sulfide) groups is 1. The maximum absolute atomic E-state index is 13.5. The molecule has 2 aromatic carbocycles. The number of rotatable bonds is 4. The normalized spacial score (nSPS) is 17.4. The Kier molecular flexibility index (Phi) is 5.77. The third-order valence-electron chi connectivity index (χ3n) is 4.06. The molecule has 142 valence electrons. The lowest BCUT2D eigenvalue weighted by atomic mass is 10.1. The van der Waals surface area contributed by atoms with Crippen LogP contribution >= 0.6 is 23.4 Å². The van der Waals surface area contributed by atoms with E-state index in [-0.39, 0.29) is 10.6 Å². The van der Waals surface area contributed by atoms with Crippen LogP contribution in [0, 0.1) is 5.82 Å². The van der Waals surface area contributed by atoms with E-state index in [0.29, 0.717) is 34.6 Å². The number of amidine groups is 1. The van der Waals surface area contributed by atoms with E-state index < -0.39 is 5.91 Å². The van der Waals surface area contributed by atoms with Gasteiger partial charge in [0.05, 0.1) is 12.7 Å². The summed E-state index contributed by atoms with van der Waals surface area (Å²) in [5, 5.41) is 1.05. The standard InChI is InChI=1S/C20H20ClFN2O2S/c1-20(2)12-24(11-13-5-4-6-15(22)9-13)19(27-20)23-18(25)16-10-14(21)7-8-17(16)26-3/h4-10H,11-12H2,1-3H3. The van der Waals surface area contributed by atoms with Crippen LogP contribution in [0.3, 0.4) is 0 Å². The van der Waals surface area contributed by atoms with Crippen molar-refractivity contribution in [3.63, 3.8) is 0 Å². The quantitative estimate of drug-likeness (QED) is 0.715. The summed E-state index contributed by atoms with van der Waals surface area (Å²) in [4.78, 5) is 19.1. The molecule has 0 atom stereocenters. The van der Waals surface area contributed by atoms with Crippen molar-refractivity contribution < 1.29 is 13.9 Å². The molecule has 0 aromatic heterocycles. The van der Waals surface area contributed by atoms with Gasteiger partial charge >= 0.3 is 0 Å². The van der Waals surface area contributed by atoms with E-state index in [1.54, 1.807) is 24.3 Å². The van der Waals surface area contributed by atoms with Crippen LogP contribution in [-0.4, -0.2) is 34.4 Å². The minimum Gasteiger partial charge on any atom is -0.496 e. The maximum atomic E-state index is 13.5. The first kappa shape index (κ1) is 19.7. The van der Waals surface area contributed by atoms with Crippen molar-refractivity contribution in [3.05, 3.63) is 64.4 Å². The summed E-state index contributed by atoms with van der Waals surface area (Å²) >= 11 is 7.55. The van der Waals surface area contributed by atoms with E-state index in [1.165, 1.54) is 31.0 Å². The Labute approximate surface area is 167 Å². The summed E-state index contributed by atoms with van der Waals surface area (Å²) in [6.45, 7) is 5.35. The van der Waals surface area contributed by atoms with Gasteiger partial charge in [-0.3, -0.25) is 4.79 Å². The zero-order valence-corrected chi connectivity index (χ0v) is 16.9. The summed E-state index contributed by atoms with van der Waals surface area (Å²) < 4.78 is 18.7. The van der Waals surface area contributed by atoms with Crippen LogP contribution in [0.2, 0.25) is 5.02 Å². The number of ether oxygens (including phenoxy) is 1. The molecule has 1 saturated heterocycles. The highest BCUT2D eigenvalue weighted by atomic mass is 35.5. The van der Waals surface area contributed by atoms with Gasteiger partial charge in [-0.05, 0) is 49.7 Å². The van der Waals surface area contributed by atoms with Gasteiger partial charge in [0.15, 0.2) is 5.17 Å². The van der Waals surface area contributed by atoms with Gasteiger partial charge in [0, 0.05) is 22.9 Å². The number of methoxy groups -OCH3 is 1. The van der Waals surface area contributed by atoms with Crippen LogP contribution in [-0.2, 0) is 6.54 Å². The minimum absolute atomic E-state index is 0.106. The van der Waals surface area contributed by atoms with Gasteiger partial charge in [-0.25, -0.2) is 4.39 Å². The predicted molar refractivity (Wildman–Crippen MR) is 108 cm³/mol. The Bertz CT molecular complexity index is 901. The molecule has 7 heteroatoms. The number of halogens is 2. The molecule has 4 nitrogen and oxygen atoms in total. The molecule has 0 saturated carbocycles. The molecule has 0 bridgehead atoms. The summed E-state index contributed by atoms with van der Waals surface area (Å²) in [7, 11) is 1.50. The summed E-state index contributed by atoms with van der Waals surface area (Å²) in [5.41, 5.74) is 1.14. The fourth-order valence-corrected chi connectivity index (χ4v) is 4.21. The predicted octanol–water partition coefficient (Wildman–Crippen LogP) is 5.01. The first-order chi connectivity index (χ1) is 12.8. The average Bonchev–Trinajstić information content (AvgIpc) is 2.88. The lowest BCUT2D eigenvalue weighted by Gasteiger charge is -2.20. The van der Waals surface area contributed by atoms with Crippen LogP contribution in [0.15, 0.2) is 47.5 Å². The maximum Gasteiger partial charge on any atom is 0.283 e. The van der Waals surface area contributed by atoms with E-state index >= 15 is 0 Å². The molecular weight excluding hydrogens is 387 g/mol. The van der Waals surface area contributed by atoms with E-state index in [1.807, 2.05) is 11.0 Å². The molecule has 2 aromatic rings. The van der Waals surface area contributed by atoms with Crippen molar-refractivity contribution in [3.8, 4) is 5.75 Å². The average molecular weight is 407 g/mol. The number of hydrogen-bond donors (Lipinski definition) is 0. The zero-order chi connectivity index (χ0) is 19.6. The third kappa shape index (κ3) is 4.82. The van der Waals surface area contributed by atoms with E-state index in [0.717, 1.165) is 5.56 Å². The number of carbonyl (C=O) groups excluding carboxylic acids is 1. The topological polar surface area (TPSA) is 41.9 Å². The monoisotopic (exact) mass is 406 g/mol. The van der Waals surface area contributed by atoms with Crippen LogP contribution in [0.25, 0.3) is 0 Å². The number of benzene rings is 2. The number of nitrogens with zero attached hydrogens (tertiary/aromatic N) is 2. The number of amides is 1. The summed E-state index contributed by atoms with van der Waals surface area (Å²) in [5.74, 6) is -0.275. The second kappa shape index (κ2) is 7.90. The second-order valence-electron chi connectivity index (χ2n) is 6.89. The molecule has 1 aliphatic rings. The van der Waals surface area contributed by atoms with Crippen molar-refractivity contribution in [1.29, 1.82) is 0 Å². The Balaban J connectivity index is 1.90. The summed E-state index contributed by atoms with van der Waals surface area (Å²) in [6, 6.07) is 11.3. The first-order valence-corrected chi connectivity index (χ1v) is 9.62. The SMILES string of the molecule is COc1ccc(Cl)cc1C(=O)N=C1SC(C)(C)CN1Cc1cccc(F)c1. The van der Waals surface area contributed by atoms with Gasteiger partial charge in [-0.2, -0.15) is 4.99 Å². The summed E-state index contributed by atoms with van der Waals surface area (Å²) in [6.07, 6.45) is 0.